The third-order valence-electron chi connectivity index (χ3n) is 4.71. The first-order valence-corrected chi connectivity index (χ1v) is 9.27. The summed E-state index contributed by atoms with van der Waals surface area (Å²) in [6.45, 7) is 9.73. The molecule has 4 unspecified atom stereocenters. The van der Waals surface area contributed by atoms with Crippen molar-refractivity contribution in [1.82, 2.24) is 10.6 Å². The van der Waals surface area contributed by atoms with Crippen LogP contribution in [0, 0.1) is 5.92 Å². The number of fused-ring (bicyclic) bond motifs is 1. The molecule has 5 heteroatoms. The molecule has 0 aromatic rings. The van der Waals surface area contributed by atoms with Gasteiger partial charge in [-0.2, -0.15) is 0 Å². The Hall–Kier alpha value is -0.810. The first kappa shape index (κ1) is 18.5. The van der Waals surface area contributed by atoms with Crippen LogP contribution in [0.3, 0.4) is 0 Å². The number of alkyl carbamates (subject to hydrolysis) is 1. The normalized spacial score (nSPS) is 30.3. The molecule has 0 radical (unpaired) electrons. The predicted molar refractivity (Wildman–Crippen MR) is 91.6 cm³/mol. The van der Waals surface area contributed by atoms with Crippen molar-refractivity contribution in [3.05, 3.63) is 0 Å². The number of hydrogen-bond donors (Lipinski definition) is 2. The van der Waals surface area contributed by atoms with Crippen LogP contribution < -0.4 is 10.6 Å². The Bertz CT molecular complexity index is 381. The van der Waals surface area contributed by atoms with Crippen molar-refractivity contribution in [2.24, 2.45) is 5.92 Å². The van der Waals surface area contributed by atoms with E-state index in [2.05, 4.69) is 17.6 Å². The zero-order valence-electron chi connectivity index (χ0n) is 15.2. The van der Waals surface area contributed by atoms with Gasteiger partial charge in [0.15, 0.2) is 0 Å². The average Bonchev–Trinajstić information content (AvgIpc) is 2.47. The summed E-state index contributed by atoms with van der Waals surface area (Å²) in [5.41, 5.74) is -0.459. The first-order valence-electron chi connectivity index (χ1n) is 9.27. The van der Waals surface area contributed by atoms with Crippen LogP contribution in [0.15, 0.2) is 0 Å². The lowest BCUT2D eigenvalue weighted by atomic mass is 9.68. The molecule has 2 N–H and O–H groups in total. The van der Waals surface area contributed by atoms with E-state index in [1.54, 1.807) is 0 Å². The zero-order chi connectivity index (χ0) is 16.9. The van der Waals surface area contributed by atoms with Crippen LogP contribution in [0.25, 0.3) is 0 Å². The highest BCUT2D eigenvalue weighted by Gasteiger charge is 2.52. The van der Waals surface area contributed by atoms with Crippen LogP contribution in [0.2, 0.25) is 0 Å². The second-order valence-corrected chi connectivity index (χ2v) is 7.85. The van der Waals surface area contributed by atoms with Gasteiger partial charge in [-0.05, 0) is 46.6 Å². The van der Waals surface area contributed by atoms with Gasteiger partial charge in [0.1, 0.15) is 5.60 Å². The van der Waals surface area contributed by atoms with E-state index in [1.165, 1.54) is 25.7 Å². The number of amides is 1. The summed E-state index contributed by atoms with van der Waals surface area (Å²) < 4.78 is 11.3. The number of nitrogens with one attached hydrogen (secondary N) is 2. The minimum absolute atomic E-state index is 0.126. The molecule has 2 aliphatic rings. The Morgan fingerprint density at radius 2 is 2.00 bits per heavy atom. The quantitative estimate of drug-likeness (QED) is 0.705. The fourth-order valence-corrected chi connectivity index (χ4v) is 3.61. The van der Waals surface area contributed by atoms with Crippen LogP contribution in [-0.4, -0.2) is 43.0 Å². The molecule has 0 spiro atoms. The van der Waals surface area contributed by atoms with Gasteiger partial charge in [-0.3, -0.25) is 0 Å². The van der Waals surface area contributed by atoms with Crippen molar-refractivity contribution in [3.63, 3.8) is 0 Å². The van der Waals surface area contributed by atoms with Gasteiger partial charge in [0, 0.05) is 12.5 Å². The summed E-state index contributed by atoms with van der Waals surface area (Å²) in [6, 6.07) is 0.343. The van der Waals surface area contributed by atoms with E-state index in [1.807, 2.05) is 20.8 Å². The maximum atomic E-state index is 12.1. The van der Waals surface area contributed by atoms with Crippen molar-refractivity contribution in [2.45, 2.75) is 90.0 Å². The van der Waals surface area contributed by atoms with Gasteiger partial charge in [-0.25, -0.2) is 4.79 Å². The van der Waals surface area contributed by atoms with Crippen LogP contribution in [0.1, 0.15) is 66.2 Å². The third-order valence-corrected chi connectivity index (χ3v) is 4.71. The Labute approximate surface area is 140 Å². The Morgan fingerprint density at radius 3 is 2.70 bits per heavy atom. The highest BCUT2D eigenvalue weighted by Crippen LogP contribution is 2.38. The molecule has 0 aromatic carbocycles. The fourth-order valence-electron chi connectivity index (χ4n) is 3.61. The lowest BCUT2D eigenvalue weighted by molar-refractivity contribution is -0.128. The molecule has 134 valence electrons. The highest BCUT2D eigenvalue weighted by atomic mass is 16.6. The lowest BCUT2D eigenvalue weighted by Gasteiger charge is -2.54. The first-order chi connectivity index (χ1) is 10.9. The average molecular weight is 326 g/mol. The number of unbranched alkanes of at least 4 members (excludes halogenated alkanes) is 3. The summed E-state index contributed by atoms with van der Waals surface area (Å²) in [6.07, 6.45) is 7.11. The van der Waals surface area contributed by atoms with Crippen LogP contribution >= 0.6 is 0 Å². The Balaban J connectivity index is 1.82. The summed E-state index contributed by atoms with van der Waals surface area (Å²) in [4.78, 5) is 12.1. The standard InChI is InChI=1S/C18H34N2O3/c1-5-6-7-8-11-19-15-14(13-10-9-12-22-16(13)15)20-17(21)23-18(2,3)4/h13-16,19H,5-12H2,1-4H3,(H,20,21). The van der Waals surface area contributed by atoms with E-state index in [0.29, 0.717) is 5.92 Å². The summed E-state index contributed by atoms with van der Waals surface area (Å²) >= 11 is 0. The van der Waals surface area contributed by atoms with Gasteiger partial charge >= 0.3 is 6.09 Å². The number of carbonyl (C=O) groups is 1. The number of carbonyl (C=O) groups excluding carboxylic acids is 1. The van der Waals surface area contributed by atoms with Gasteiger partial charge in [0.2, 0.25) is 0 Å². The smallest absolute Gasteiger partial charge is 0.407 e. The molecule has 1 saturated carbocycles. The van der Waals surface area contributed by atoms with Crippen LogP contribution in [-0.2, 0) is 9.47 Å². The Morgan fingerprint density at radius 1 is 1.22 bits per heavy atom. The van der Waals surface area contributed by atoms with Crippen molar-refractivity contribution >= 4 is 6.09 Å². The molecule has 23 heavy (non-hydrogen) atoms. The molecule has 1 aliphatic carbocycles. The number of rotatable bonds is 7. The molecule has 2 fully saturated rings. The topological polar surface area (TPSA) is 59.6 Å². The summed E-state index contributed by atoms with van der Waals surface area (Å²) in [5, 5.41) is 6.67. The predicted octanol–water partition coefficient (Wildman–Crippen LogP) is 3.23. The van der Waals surface area contributed by atoms with E-state index in [9.17, 15) is 4.79 Å². The number of hydrogen-bond acceptors (Lipinski definition) is 4. The van der Waals surface area contributed by atoms with E-state index in [0.717, 1.165) is 26.0 Å². The number of ether oxygens (including phenoxy) is 2. The highest BCUT2D eigenvalue weighted by molar-refractivity contribution is 5.68. The van der Waals surface area contributed by atoms with E-state index in [4.69, 9.17) is 9.47 Å². The molecule has 0 bridgehead atoms. The molecule has 2 rings (SSSR count). The molecule has 1 aliphatic heterocycles. The lowest BCUT2D eigenvalue weighted by Crippen LogP contribution is -2.73. The van der Waals surface area contributed by atoms with Crippen molar-refractivity contribution < 1.29 is 14.3 Å². The van der Waals surface area contributed by atoms with E-state index < -0.39 is 5.60 Å². The second-order valence-electron chi connectivity index (χ2n) is 7.85. The van der Waals surface area contributed by atoms with Crippen LogP contribution in [0.5, 0.6) is 0 Å². The zero-order valence-corrected chi connectivity index (χ0v) is 15.2. The molecule has 1 heterocycles. The molecule has 4 atom stereocenters. The second kappa shape index (κ2) is 8.34. The van der Waals surface area contributed by atoms with Gasteiger partial charge in [0.25, 0.3) is 0 Å². The van der Waals surface area contributed by atoms with E-state index in [-0.39, 0.29) is 24.3 Å². The molecule has 1 amide bonds. The summed E-state index contributed by atoms with van der Waals surface area (Å²) in [5.74, 6) is 0.421. The molecular formula is C18H34N2O3. The SMILES string of the molecule is CCCCCCNC1C(NC(=O)OC(C)(C)C)C2CCCOC21. The maximum Gasteiger partial charge on any atom is 0.407 e. The van der Waals surface area contributed by atoms with E-state index >= 15 is 0 Å². The van der Waals surface area contributed by atoms with Crippen molar-refractivity contribution in [2.75, 3.05) is 13.2 Å². The van der Waals surface area contributed by atoms with Crippen LogP contribution in [0.4, 0.5) is 4.79 Å². The van der Waals surface area contributed by atoms with Gasteiger partial charge in [0.05, 0.1) is 18.2 Å². The minimum Gasteiger partial charge on any atom is -0.444 e. The maximum absolute atomic E-state index is 12.1. The minimum atomic E-state index is -0.459. The van der Waals surface area contributed by atoms with Gasteiger partial charge < -0.3 is 20.1 Å². The summed E-state index contributed by atoms with van der Waals surface area (Å²) in [7, 11) is 0. The molecule has 1 saturated heterocycles. The fraction of sp³-hybridized carbons (Fsp3) is 0.944. The van der Waals surface area contributed by atoms with Gasteiger partial charge in [-0.15, -0.1) is 0 Å². The van der Waals surface area contributed by atoms with Gasteiger partial charge in [-0.1, -0.05) is 26.2 Å². The largest absolute Gasteiger partial charge is 0.444 e. The molecular weight excluding hydrogens is 292 g/mol. The Kier molecular flexibility index (Phi) is 6.72. The molecule has 0 aromatic heterocycles. The van der Waals surface area contributed by atoms with Crippen molar-refractivity contribution in [1.29, 1.82) is 0 Å². The molecule has 5 nitrogen and oxygen atoms in total. The van der Waals surface area contributed by atoms with Crippen molar-refractivity contribution in [3.8, 4) is 0 Å². The monoisotopic (exact) mass is 326 g/mol. The third kappa shape index (κ3) is 5.35.